The van der Waals surface area contributed by atoms with Gasteiger partial charge in [0.2, 0.25) is 0 Å². The molecule has 0 heterocycles. The maximum Gasteiger partial charge on any atom is 0.121 e. The second-order valence-electron chi connectivity index (χ2n) is 6.42. The monoisotopic (exact) mass is 323 g/mol. The number of rotatable bonds is 9. The first-order valence-electron chi connectivity index (χ1n) is 8.80. The molecule has 0 atom stereocenters. The Morgan fingerprint density at radius 1 is 1.12 bits per heavy atom. The third-order valence-electron chi connectivity index (χ3n) is 4.53. The minimum absolute atomic E-state index is 0.444. The molecule has 0 bridgehead atoms. The van der Waals surface area contributed by atoms with Gasteiger partial charge in [-0.25, -0.2) is 0 Å². The summed E-state index contributed by atoms with van der Waals surface area (Å²) in [5, 5.41) is 13.7. The molecule has 0 unspecified atom stereocenters. The van der Waals surface area contributed by atoms with Gasteiger partial charge in [-0.05, 0) is 73.9 Å². The number of hydrogen-bond acceptors (Lipinski definition) is 2. The van der Waals surface area contributed by atoms with Gasteiger partial charge in [-0.1, -0.05) is 42.5 Å². The molecule has 0 aliphatic carbocycles. The number of aryl methyl sites for hydroxylation is 1. The molecule has 0 radical (unpaired) electrons. The SMILES string of the molecule is C=CCc1cc(C)c(O)c(C)c1CCCCNCc1ccccc1. The molecular formula is C22H29NO. The highest BCUT2D eigenvalue weighted by molar-refractivity contribution is 5.49. The molecule has 0 aliphatic rings. The largest absolute Gasteiger partial charge is 0.507 e. The highest BCUT2D eigenvalue weighted by atomic mass is 16.3. The van der Waals surface area contributed by atoms with Crippen molar-refractivity contribution < 1.29 is 5.11 Å². The first kappa shape index (κ1) is 18.3. The quantitative estimate of drug-likeness (QED) is 0.511. The van der Waals surface area contributed by atoms with Crippen LogP contribution in [0.1, 0.15) is 40.7 Å². The first-order chi connectivity index (χ1) is 11.6. The van der Waals surface area contributed by atoms with E-state index in [0.29, 0.717) is 5.75 Å². The number of benzene rings is 2. The Hall–Kier alpha value is -2.06. The van der Waals surface area contributed by atoms with Gasteiger partial charge in [-0.3, -0.25) is 0 Å². The van der Waals surface area contributed by atoms with Gasteiger partial charge in [0.1, 0.15) is 5.75 Å². The predicted molar refractivity (Wildman–Crippen MR) is 103 cm³/mol. The summed E-state index contributed by atoms with van der Waals surface area (Å²) < 4.78 is 0. The highest BCUT2D eigenvalue weighted by Crippen LogP contribution is 2.29. The normalized spacial score (nSPS) is 10.8. The van der Waals surface area contributed by atoms with Gasteiger partial charge in [0.25, 0.3) is 0 Å². The minimum Gasteiger partial charge on any atom is -0.507 e. The number of hydrogen-bond donors (Lipinski definition) is 2. The van der Waals surface area contributed by atoms with Gasteiger partial charge in [0.05, 0.1) is 0 Å². The van der Waals surface area contributed by atoms with Crippen LogP contribution in [0.4, 0.5) is 0 Å². The molecule has 24 heavy (non-hydrogen) atoms. The van der Waals surface area contributed by atoms with Crippen LogP contribution < -0.4 is 5.32 Å². The van der Waals surface area contributed by atoms with Crippen molar-refractivity contribution in [3.63, 3.8) is 0 Å². The molecule has 2 rings (SSSR count). The third kappa shape index (κ3) is 4.97. The lowest BCUT2D eigenvalue weighted by Crippen LogP contribution is -2.14. The Kier molecular flexibility index (Phi) is 7.07. The molecule has 0 saturated heterocycles. The second-order valence-corrected chi connectivity index (χ2v) is 6.42. The molecule has 2 aromatic carbocycles. The van der Waals surface area contributed by atoms with Crippen LogP contribution >= 0.6 is 0 Å². The van der Waals surface area contributed by atoms with Gasteiger partial charge in [0.15, 0.2) is 0 Å². The molecule has 0 amide bonds. The fourth-order valence-electron chi connectivity index (χ4n) is 3.16. The van der Waals surface area contributed by atoms with Gasteiger partial charge >= 0.3 is 0 Å². The van der Waals surface area contributed by atoms with Crippen molar-refractivity contribution in [3.05, 3.63) is 76.9 Å². The molecule has 0 saturated carbocycles. The zero-order valence-electron chi connectivity index (χ0n) is 14.9. The minimum atomic E-state index is 0.444. The molecule has 128 valence electrons. The number of phenols is 1. The van der Waals surface area contributed by atoms with E-state index >= 15 is 0 Å². The Bertz CT molecular complexity index is 661. The van der Waals surface area contributed by atoms with E-state index in [1.54, 1.807) is 0 Å². The summed E-state index contributed by atoms with van der Waals surface area (Å²) in [6, 6.07) is 12.6. The molecule has 0 fully saturated rings. The van der Waals surface area contributed by atoms with Crippen molar-refractivity contribution in [1.29, 1.82) is 0 Å². The van der Waals surface area contributed by atoms with Crippen molar-refractivity contribution >= 4 is 0 Å². The van der Waals surface area contributed by atoms with Gasteiger partial charge in [0, 0.05) is 6.54 Å². The molecule has 0 aliphatic heterocycles. The Balaban J connectivity index is 1.83. The van der Waals surface area contributed by atoms with Crippen molar-refractivity contribution in [2.45, 2.75) is 46.1 Å². The van der Waals surface area contributed by atoms with Crippen molar-refractivity contribution in [1.82, 2.24) is 5.32 Å². The van der Waals surface area contributed by atoms with Crippen LogP contribution in [0.25, 0.3) is 0 Å². The molecule has 2 aromatic rings. The van der Waals surface area contributed by atoms with Crippen LogP contribution in [0.5, 0.6) is 5.75 Å². The summed E-state index contributed by atoms with van der Waals surface area (Å²) in [5.74, 6) is 0.444. The van der Waals surface area contributed by atoms with Crippen molar-refractivity contribution in [3.8, 4) is 5.75 Å². The molecular weight excluding hydrogens is 294 g/mol. The Morgan fingerprint density at radius 3 is 2.58 bits per heavy atom. The Labute approximate surface area is 146 Å². The lowest BCUT2D eigenvalue weighted by atomic mass is 9.92. The number of aromatic hydroxyl groups is 1. The zero-order valence-corrected chi connectivity index (χ0v) is 14.9. The molecule has 0 spiro atoms. The van der Waals surface area contributed by atoms with Crippen molar-refractivity contribution in [2.75, 3.05) is 6.54 Å². The summed E-state index contributed by atoms with van der Waals surface area (Å²) >= 11 is 0. The summed E-state index contributed by atoms with van der Waals surface area (Å²) in [6.45, 7) is 9.79. The number of unbranched alkanes of at least 4 members (excludes halogenated alkanes) is 1. The van der Waals surface area contributed by atoms with E-state index in [0.717, 1.165) is 49.9 Å². The zero-order chi connectivity index (χ0) is 17.4. The fraction of sp³-hybridized carbons (Fsp3) is 0.364. The van der Waals surface area contributed by atoms with Crippen LogP contribution in [0.15, 0.2) is 49.1 Å². The summed E-state index contributed by atoms with van der Waals surface area (Å²) in [5.41, 5.74) is 5.91. The molecule has 2 heteroatoms. The maximum absolute atomic E-state index is 10.2. The van der Waals surface area contributed by atoms with E-state index in [-0.39, 0.29) is 0 Å². The van der Waals surface area contributed by atoms with Gasteiger partial charge in [-0.15, -0.1) is 6.58 Å². The van der Waals surface area contributed by atoms with Crippen LogP contribution in [-0.2, 0) is 19.4 Å². The molecule has 0 aromatic heterocycles. The van der Waals surface area contributed by atoms with E-state index in [4.69, 9.17) is 0 Å². The number of nitrogens with one attached hydrogen (secondary N) is 1. The molecule has 2 nitrogen and oxygen atoms in total. The number of allylic oxidation sites excluding steroid dienone is 1. The summed E-state index contributed by atoms with van der Waals surface area (Å²) in [7, 11) is 0. The number of phenolic OH excluding ortho intramolecular Hbond substituents is 1. The van der Waals surface area contributed by atoms with Crippen LogP contribution in [0.3, 0.4) is 0 Å². The lowest BCUT2D eigenvalue weighted by molar-refractivity contribution is 0.465. The summed E-state index contributed by atoms with van der Waals surface area (Å²) in [4.78, 5) is 0. The maximum atomic E-state index is 10.2. The summed E-state index contributed by atoms with van der Waals surface area (Å²) in [6.07, 6.45) is 6.07. The second kappa shape index (κ2) is 9.29. The van der Waals surface area contributed by atoms with Gasteiger partial charge in [-0.2, -0.15) is 0 Å². The average molecular weight is 323 g/mol. The highest BCUT2D eigenvalue weighted by Gasteiger charge is 2.11. The lowest BCUT2D eigenvalue weighted by Gasteiger charge is -2.15. The van der Waals surface area contributed by atoms with Crippen LogP contribution in [-0.4, -0.2) is 11.7 Å². The van der Waals surface area contributed by atoms with Gasteiger partial charge < -0.3 is 10.4 Å². The van der Waals surface area contributed by atoms with E-state index < -0.39 is 0 Å². The Morgan fingerprint density at radius 2 is 1.88 bits per heavy atom. The fourth-order valence-corrected chi connectivity index (χ4v) is 3.16. The van der Waals surface area contributed by atoms with Crippen LogP contribution in [0, 0.1) is 13.8 Å². The van der Waals surface area contributed by atoms with Crippen molar-refractivity contribution in [2.24, 2.45) is 0 Å². The van der Waals surface area contributed by atoms with Crippen LogP contribution in [0.2, 0.25) is 0 Å². The molecule has 2 N–H and O–H groups in total. The van der Waals surface area contributed by atoms with E-state index in [1.165, 1.54) is 16.7 Å². The standard InChI is InChI=1S/C22H29NO/c1-4-10-20-15-17(2)22(24)18(3)21(20)13-8-9-14-23-16-19-11-6-5-7-12-19/h4-7,11-12,15,23-24H,1,8-10,13-14,16H2,2-3H3. The average Bonchev–Trinajstić information content (AvgIpc) is 2.59. The first-order valence-corrected chi connectivity index (χ1v) is 8.80. The van der Waals surface area contributed by atoms with E-state index in [2.05, 4.69) is 42.2 Å². The van der Waals surface area contributed by atoms with E-state index in [1.807, 2.05) is 26.0 Å². The predicted octanol–water partition coefficient (Wildman–Crippen LogP) is 4.85. The third-order valence-corrected chi connectivity index (χ3v) is 4.53. The topological polar surface area (TPSA) is 32.3 Å². The smallest absolute Gasteiger partial charge is 0.121 e. The van der Waals surface area contributed by atoms with E-state index in [9.17, 15) is 5.11 Å².